The van der Waals surface area contributed by atoms with Crippen molar-refractivity contribution < 1.29 is 45.3 Å². The minimum absolute atomic E-state index is 0.0173. The van der Waals surface area contributed by atoms with E-state index < -0.39 is 30.3 Å². The minimum Gasteiger partial charge on any atom is -0.465 e. The molecule has 2 atom stereocenters. The molecule has 16 heteroatoms. The Hall–Kier alpha value is -3.98. The van der Waals surface area contributed by atoms with Crippen molar-refractivity contribution in [2.24, 2.45) is 5.41 Å². The Kier molecular flexibility index (Phi) is 9.69. The number of halogens is 7. The zero-order valence-electron chi connectivity index (χ0n) is 25.3. The van der Waals surface area contributed by atoms with Crippen LogP contribution in [0.15, 0.2) is 42.5 Å². The Bertz CT molecular complexity index is 1610. The number of aromatic nitrogens is 2. The Labute approximate surface area is 271 Å². The number of aryl methyl sites for hydroxylation is 1. The Morgan fingerprint density at radius 1 is 1.11 bits per heavy atom. The number of anilines is 2. The van der Waals surface area contributed by atoms with Gasteiger partial charge in [0.1, 0.15) is 17.6 Å². The number of nitrogens with two attached hydrogens (primary N) is 1. The fourth-order valence-corrected chi connectivity index (χ4v) is 6.23. The molecule has 2 aliphatic heterocycles. The van der Waals surface area contributed by atoms with E-state index in [-0.39, 0.29) is 56.5 Å². The van der Waals surface area contributed by atoms with Crippen LogP contribution < -0.4 is 25.4 Å². The Morgan fingerprint density at radius 2 is 1.83 bits per heavy atom. The van der Waals surface area contributed by atoms with Gasteiger partial charge in [-0.2, -0.15) is 23.1 Å². The summed E-state index contributed by atoms with van der Waals surface area (Å²) in [6.07, 6.45) is -10.5. The summed E-state index contributed by atoms with van der Waals surface area (Å²) in [6.45, 7) is 5.02. The van der Waals surface area contributed by atoms with E-state index in [1.807, 2.05) is 4.90 Å². The van der Waals surface area contributed by atoms with Crippen molar-refractivity contribution in [2.45, 2.75) is 57.8 Å². The number of esters is 1. The monoisotopic (exact) mass is 687 g/mol. The predicted octanol–water partition coefficient (Wildman–Crippen LogP) is 6.78. The molecule has 0 aliphatic carbocycles. The van der Waals surface area contributed by atoms with Crippen molar-refractivity contribution in [1.29, 1.82) is 0 Å². The van der Waals surface area contributed by atoms with Crippen molar-refractivity contribution in [3.63, 3.8) is 0 Å². The largest absolute Gasteiger partial charge is 0.573 e. The van der Waals surface area contributed by atoms with E-state index in [0.717, 1.165) is 12.1 Å². The number of benzene rings is 2. The molecule has 3 aromatic rings. The van der Waals surface area contributed by atoms with Gasteiger partial charge in [0, 0.05) is 36.3 Å². The van der Waals surface area contributed by atoms with Crippen LogP contribution in [0, 0.1) is 12.3 Å². The number of carbonyl (C=O) groups excluding carboxylic acids is 1. The SMILES string of the molecule is CCOC(=O)[C@@H]1CC2(CCN(c3cc(O[C@H](c4ccc(Cl)cc4-c4ccc(OC(F)(F)F)c(C)c4)C(F)(F)F)nc(N)n3)CC2)CN1. The number of hydrogen-bond acceptors (Lipinski definition) is 9. The quantitative estimate of drug-likeness (QED) is 0.196. The smallest absolute Gasteiger partial charge is 0.465 e. The number of nitrogens with zero attached hydrogens (tertiary/aromatic N) is 3. The van der Waals surface area contributed by atoms with Crippen LogP contribution in [-0.4, -0.2) is 60.8 Å². The number of hydrogen-bond donors (Lipinski definition) is 2. The molecule has 1 aromatic heterocycles. The Morgan fingerprint density at radius 3 is 2.47 bits per heavy atom. The summed E-state index contributed by atoms with van der Waals surface area (Å²) in [5.41, 5.74) is 5.61. The first-order chi connectivity index (χ1) is 22.1. The van der Waals surface area contributed by atoms with Crippen LogP contribution in [0.25, 0.3) is 11.1 Å². The van der Waals surface area contributed by atoms with E-state index in [4.69, 9.17) is 26.8 Å². The summed E-state index contributed by atoms with van der Waals surface area (Å²) in [7, 11) is 0. The standard InChI is InChI=1S/C31H32ClF6N5O4/c1-3-45-27(44)22-15-29(16-40-22)8-10-43(11-9-29)24-14-25(42-28(39)41-24)46-26(30(33,34)35)20-6-5-19(32)13-21(20)18-4-7-23(17(2)12-18)47-31(36,37)38/h4-7,12-14,22,26,40H,3,8-11,15-16H2,1-2H3,(H2,39,41,42)/t22-,26+/m0/s1. The molecule has 0 amide bonds. The molecule has 2 aromatic carbocycles. The van der Waals surface area contributed by atoms with Crippen molar-refractivity contribution >= 4 is 29.3 Å². The van der Waals surface area contributed by atoms with Gasteiger partial charge < -0.3 is 30.2 Å². The summed E-state index contributed by atoms with van der Waals surface area (Å²) in [4.78, 5) is 22.2. The second-order valence-corrected chi connectivity index (χ2v) is 12.0. The second-order valence-electron chi connectivity index (χ2n) is 11.6. The number of carbonyl (C=O) groups is 1. The molecule has 47 heavy (non-hydrogen) atoms. The first-order valence-electron chi connectivity index (χ1n) is 14.7. The third-order valence-corrected chi connectivity index (χ3v) is 8.57. The molecule has 2 fully saturated rings. The van der Waals surface area contributed by atoms with Gasteiger partial charge in [-0.25, -0.2) is 0 Å². The summed E-state index contributed by atoms with van der Waals surface area (Å²) in [6, 6.07) is 8.05. The maximum absolute atomic E-state index is 14.7. The third kappa shape index (κ3) is 8.12. The van der Waals surface area contributed by atoms with Crippen LogP contribution in [0.4, 0.5) is 38.1 Å². The first-order valence-corrected chi connectivity index (χ1v) is 15.1. The maximum atomic E-state index is 14.7. The average Bonchev–Trinajstić information content (AvgIpc) is 3.39. The number of piperidine rings is 1. The van der Waals surface area contributed by atoms with Crippen molar-refractivity contribution in [2.75, 3.05) is 36.9 Å². The van der Waals surface area contributed by atoms with Crippen LogP contribution in [0.3, 0.4) is 0 Å². The van der Waals surface area contributed by atoms with Crippen LogP contribution in [0.2, 0.25) is 5.02 Å². The maximum Gasteiger partial charge on any atom is 0.573 e. The fourth-order valence-electron chi connectivity index (χ4n) is 6.06. The van der Waals surface area contributed by atoms with Gasteiger partial charge in [-0.3, -0.25) is 4.79 Å². The van der Waals surface area contributed by atoms with Gasteiger partial charge in [0.25, 0.3) is 0 Å². The van der Waals surface area contributed by atoms with Crippen LogP contribution in [0.1, 0.15) is 43.4 Å². The van der Waals surface area contributed by atoms with Gasteiger partial charge in [0.2, 0.25) is 17.9 Å². The van der Waals surface area contributed by atoms with Gasteiger partial charge in [-0.05, 0) is 79.5 Å². The van der Waals surface area contributed by atoms with E-state index >= 15 is 0 Å². The van der Waals surface area contributed by atoms with E-state index in [2.05, 4.69) is 20.0 Å². The first kappa shape index (κ1) is 34.4. The molecular formula is C31H32ClF6N5O4. The highest BCUT2D eigenvalue weighted by Gasteiger charge is 2.46. The number of nitrogens with one attached hydrogen (secondary N) is 1. The molecule has 3 N–H and O–H groups in total. The van der Waals surface area contributed by atoms with Gasteiger partial charge >= 0.3 is 18.5 Å². The third-order valence-electron chi connectivity index (χ3n) is 8.33. The zero-order chi connectivity index (χ0) is 34.1. The summed E-state index contributed by atoms with van der Waals surface area (Å²) in [5.74, 6) is -1.22. The van der Waals surface area contributed by atoms with Crippen molar-refractivity contribution in [1.82, 2.24) is 15.3 Å². The fraction of sp³-hybridized carbons (Fsp3) is 0.452. The van der Waals surface area contributed by atoms with E-state index in [1.165, 1.54) is 37.3 Å². The highest BCUT2D eigenvalue weighted by atomic mass is 35.5. The lowest BCUT2D eigenvalue weighted by Gasteiger charge is -2.39. The van der Waals surface area contributed by atoms with E-state index in [1.54, 1.807) is 6.92 Å². The van der Waals surface area contributed by atoms with Gasteiger partial charge in [-0.15, -0.1) is 13.2 Å². The van der Waals surface area contributed by atoms with Gasteiger partial charge in [0.15, 0.2) is 0 Å². The zero-order valence-corrected chi connectivity index (χ0v) is 26.1. The van der Waals surface area contributed by atoms with Crippen LogP contribution >= 0.6 is 11.6 Å². The van der Waals surface area contributed by atoms with Gasteiger partial charge in [0.05, 0.1) is 6.61 Å². The molecule has 254 valence electrons. The predicted molar refractivity (Wildman–Crippen MR) is 161 cm³/mol. The minimum atomic E-state index is -4.96. The average molecular weight is 688 g/mol. The molecule has 0 radical (unpaired) electrons. The Balaban J connectivity index is 1.39. The van der Waals surface area contributed by atoms with E-state index in [0.29, 0.717) is 45.5 Å². The summed E-state index contributed by atoms with van der Waals surface area (Å²) < 4.78 is 97.0. The summed E-state index contributed by atoms with van der Waals surface area (Å²) in [5, 5.41) is 3.33. The molecule has 0 saturated carbocycles. The molecule has 9 nitrogen and oxygen atoms in total. The molecule has 3 heterocycles. The molecule has 2 saturated heterocycles. The highest BCUT2D eigenvalue weighted by Crippen LogP contribution is 2.44. The second kappa shape index (κ2) is 13.3. The molecule has 1 spiro atoms. The lowest BCUT2D eigenvalue weighted by molar-refractivity contribution is -0.274. The number of nitrogen functional groups attached to an aromatic ring is 1. The highest BCUT2D eigenvalue weighted by molar-refractivity contribution is 6.30. The normalized spacial score (nSPS) is 18.7. The van der Waals surface area contributed by atoms with Crippen molar-refractivity contribution in [3.05, 3.63) is 58.6 Å². The lowest BCUT2D eigenvalue weighted by Crippen LogP contribution is -2.41. The number of rotatable bonds is 8. The molecule has 0 unspecified atom stereocenters. The molecule has 5 rings (SSSR count). The summed E-state index contributed by atoms with van der Waals surface area (Å²) >= 11 is 6.15. The number of alkyl halides is 6. The van der Waals surface area contributed by atoms with Crippen LogP contribution in [0.5, 0.6) is 11.6 Å². The molecular weight excluding hydrogens is 656 g/mol. The lowest BCUT2D eigenvalue weighted by atomic mass is 9.76. The molecule has 0 bridgehead atoms. The number of ether oxygens (including phenoxy) is 3. The molecule has 2 aliphatic rings. The van der Waals surface area contributed by atoms with Gasteiger partial charge in [-0.1, -0.05) is 23.7 Å². The van der Waals surface area contributed by atoms with E-state index in [9.17, 15) is 31.1 Å². The van der Waals surface area contributed by atoms with Crippen molar-refractivity contribution in [3.8, 4) is 22.8 Å². The van der Waals surface area contributed by atoms with Crippen LogP contribution in [-0.2, 0) is 9.53 Å². The topological polar surface area (TPSA) is 112 Å².